The van der Waals surface area contributed by atoms with Crippen molar-refractivity contribution in [2.75, 3.05) is 60.0 Å². The van der Waals surface area contributed by atoms with E-state index in [4.69, 9.17) is 9.47 Å². The van der Waals surface area contributed by atoms with E-state index in [0.29, 0.717) is 24.6 Å². The fourth-order valence-electron chi connectivity index (χ4n) is 3.21. The van der Waals surface area contributed by atoms with Crippen LogP contribution < -0.4 is 14.8 Å². The van der Waals surface area contributed by atoms with E-state index in [1.54, 1.807) is 11.0 Å². The lowest BCUT2D eigenvalue weighted by atomic mass is 10.3. The van der Waals surface area contributed by atoms with Gasteiger partial charge in [-0.25, -0.2) is 13.2 Å². The lowest BCUT2D eigenvalue weighted by Crippen LogP contribution is -2.54. The average Bonchev–Trinajstić information content (AvgIpc) is 2.77. The highest BCUT2D eigenvalue weighted by Gasteiger charge is 2.31. The van der Waals surface area contributed by atoms with Crippen LogP contribution in [0.5, 0.6) is 11.5 Å². The van der Waals surface area contributed by atoms with Crippen LogP contribution in [0.3, 0.4) is 0 Å². The van der Waals surface area contributed by atoms with Crippen molar-refractivity contribution in [1.82, 2.24) is 19.4 Å². The molecule has 1 fully saturated rings. The number of nitrogens with zero attached hydrogens (tertiary/aromatic N) is 3. The van der Waals surface area contributed by atoms with E-state index in [9.17, 15) is 18.0 Å². The van der Waals surface area contributed by atoms with E-state index in [1.807, 2.05) is 13.8 Å². The topological polar surface area (TPSA) is 108 Å². The molecule has 1 saturated heterocycles. The van der Waals surface area contributed by atoms with Crippen molar-refractivity contribution in [3.63, 3.8) is 0 Å². The second-order valence-corrected chi connectivity index (χ2v) is 8.57. The highest BCUT2D eigenvalue weighted by molar-refractivity contribution is 7.89. The molecule has 0 aromatic heterocycles. The van der Waals surface area contributed by atoms with Crippen LogP contribution in [0.2, 0.25) is 0 Å². The molecule has 1 aromatic rings. The van der Waals surface area contributed by atoms with Gasteiger partial charge in [0.25, 0.3) is 0 Å². The zero-order chi connectivity index (χ0) is 22.3. The molecule has 3 amide bonds. The summed E-state index contributed by atoms with van der Waals surface area (Å²) in [5.74, 6) is 0.620. The summed E-state index contributed by atoms with van der Waals surface area (Å²) in [6, 6.07) is 4.06. The molecule has 30 heavy (non-hydrogen) atoms. The minimum absolute atomic E-state index is 0.0787. The fourth-order valence-corrected chi connectivity index (χ4v) is 4.65. The molecule has 0 atom stereocenters. The van der Waals surface area contributed by atoms with Crippen LogP contribution in [0.15, 0.2) is 23.1 Å². The molecule has 1 heterocycles. The summed E-state index contributed by atoms with van der Waals surface area (Å²) in [5, 5.41) is 2.61. The van der Waals surface area contributed by atoms with E-state index in [1.165, 1.54) is 35.6 Å². The Hall–Kier alpha value is -2.53. The quantitative estimate of drug-likeness (QED) is 0.631. The number of urea groups is 1. The van der Waals surface area contributed by atoms with E-state index < -0.39 is 10.0 Å². The van der Waals surface area contributed by atoms with E-state index >= 15 is 0 Å². The lowest BCUT2D eigenvalue weighted by Gasteiger charge is -2.34. The van der Waals surface area contributed by atoms with Gasteiger partial charge in [0.15, 0.2) is 11.5 Å². The Balaban J connectivity index is 1.96. The maximum Gasteiger partial charge on any atom is 0.317 e. The van der Waals surface area contributed by atoms with Crippen molar-refractivity contribution < 1.29 is 27.5 Å². The van der Waals surface area contributed by atoms with Gasteiger partial charge in [-0.2, -0.15) is 4.31 Å². The van der Waals surface area contributed by atoms with Crippen LogP contribution >= 0.6 is 0 Å². The summed E-state index contributed by atoms with van der Waals surface area (Å²) in [6.45, 7) is 5.63. The smallest absolute Gasteiger partial charge is 0.317 e. The predicted molar refractivity (Wildman–Crippen MR) is 111 cm³/mol. The van der Waals surface area contributed by atoms with Crippen LogP contribution in [0, 0.1) is 0 Å². The number of nitrogens with one attached hydrogen (secondary N) is 1. The number of methoxy groups -OCH3 is 2. The number of hydrogen-bond acceptors (Lipinski definition) is 6. The van der Waals surface area contributed by atoms with Gasteiger partial charge in [0, 0.05) is 45.3 Å². The molecular formula is C19H30N4O6S. The zero-order valence-electron chi connectivity index (χ0n) is 17.9. The minimum Gasteiger partial charge on any atom is -0.493 e. The molecule has 0 unspecified atom stereocenters. The molecule has 168 valence electrons. The molecule has 0 saturated carbocycles. The number of amides is 3. The highest BCUT2D eigenvalue weighted by Crippen LogP contribution is 2.30. The standard InChI is InChI=1S/C19H30N4O6S/c1-5-21(6-2)18(24)14-20-19(25)22-9-11-23(12-10-22)30(26,27)15-7-8-16(28-3)17(13-15)29-4/h7-8,13H,5-6,9-12,14H2,1-4H3,(H,20,25). The third kappa shape index (κ3) is 5.33. The maximum absolute atomic E-state index is 12.9. The largest absolute Gasteiger partial charge is 0.493 e. The van der Waals surface area contributed by atoms with Gasteiger partial charge >= 0.3 is 6.03 Å². The van der Waals surface area contributed by atoms with Crippen molar-refractivity contribution in [3.8, 4) is 11.5 Å². The van der Waals surface area contributed by atoms with Crippen molar-refractivity contribution in [1.29, 1.82) is 0 Å². The van der Waals surface area contributed by atoms with Crippen molar-refractivity contribution >= 4 is 22.0 Å². The van der Waals surface area contributed by atoms with Gasteiger partial charge in [0.1, 0.15) is 0 Å². The Morgan fingerprint density at radius 3 is 2.17 bits per heavy atom. The Labute approximate surface area is 177 Å². The molecule has 1 aliphatic rings. The normalized spacial score (nSPS) is 14.9. The molecular weight excluding hydrogens is 412 g/mol. The molecule has 2 rings (SSSR count). The minimum atomic E-state index is -3.73. The molecule has 10 nitrogen and oxygen atoms in total. The molecule has 0 radical (unpaired) electrons. The van der Waals surface area contributed by atoms with Gasteiger partial charge in [-0.3, -0.25) is 4.79 Å². The third-order valence-electron chi connectivity index (χ3n) is 5.03. The summed E-state index contributed by atoms with van der Waals surface area (Å²) in [4.78, 5) is 27.6. The van der Waals surface area contributed by atoms with Gasteiger partial charge in [0.05, 0.1) is 25.7 Å². The number of sulfonamides is 1. The number of carbonyl (C=O) groups excluding carboxylic acids is 2. The van der Waals surface area contributed by atoms with Crippen molar-refractivity contribution in [2.24, 2.45) is 0 Å². The second kappa shape index (κ2) is 10.5. The predicted octanol–water partition coefficient (Wildman–Crippen LogP) is 0.588. The maximum atomic E-state index is 12.9. The Morgan fingerprint density at radius 1 is 1.03 bits per heavy atom. The van der Waals surface area contributed by atoms with Gasteiger partial charge in [-0.05, 0) is 26.0 Å². The first-order valence-electron chi connectivity index (χ1n) is 9.81. The van der Waals surface area contributed by atoms with Gasteiger partial charge < -0.3 is 24.6 Å². The first-order valence-corrected chi connectivity index (χ1v) is 11.2. The summed E-state index contributed by atoms with van der Waals surface area (Å²) in [7, 11) is -0.815. The monoisotopic (exact) mass is 442 g/mol. The van der Waals surface area contributed by atoms with Gasteiger partial charge in [-0.1, -0.05) is 0 Å². The third-order valence-corrected chi connectivity index (χ3v) is 6.92. The molecule has 0 aliphatic carbocycles. The van der Waals surface area contributed by atoms with Crippen LogP contribution in [-0.4, -0.2) is 94.5 Å². The molecule has 1 aromatic carbocycles. The van der Waals surface area contributed by atoms with Crippen LogP contribution in [0.1, 0.15) is 13.8 Å². The number of hydrogen-bond donors (Lipinski definition) is 1. The zero-order valence-corrected chi connectivity index (χ0v) is 18.7. The van der Waals surface area contributed by atoms with Crippen LogP contribution in [-0.2, 0) is 14.8 Å². The fraction of sp³-hybridized carbons (Fsp3) is 0.579. The Bertz CT molecular complexity index is 849. The number of likely N-dealkylation sites (N-methyl/N-ethyl adjacent to an activating group) is 1. The van der Waals surface area contributed by atoms with Crippen molar-refractivity contribution in [3.05, 3.63) is 18.2 Å². The van der Waals surface area contributed by atoms with Gasteiger partial charge in [0.2, 0.25) is 15.9 Å². The molecule has 0 spiro atoms. The lowest BCUT2D eigenvalue weighted by molar-refractivity contribution is -0.129. The summed E-state index contributed by atoms with van der Waals surface area (Å²) >= 11 is 0. The number of carbonyl (C=O) groups is 2. The first-order chi connectivity index (χ1) is 14.3. The average molecular weight is 443 g/mol. The number of ether oxygens (including phenoxy) is 2. The van der Waals surface area contributed by atoms with E-state index in [0.717, 1.165) is 0 Å². The molecule has 0 bridgehead atoms. The first kappa shape index (κ1) is 23.7. The van der Waals surface area contributed by atoms with Crippen LogP contribution in [0.25, 0.3) is 0 Å². The summed E-state index contributed by atoms with van der Waals surface area (Å²) < 4.78 is 37.6. The van der Waals surface area contributed by atoms with Gasteiger partial charge in [-0.15, -0.1) is 0 Å². The van der Waals surface area contributed by atoms with E-state index in [2.05, 4.69) is 5.32 Å². The summed E-state index contributed by atoms with van der Waals surface area (Å²) in [6.07, 6.45) is 0. The SMILES string of the molecule is CCN(CC)C(=O)CNC(=O)N1CCN(S(=O)(=O)c2ccc(OC)c(OC)c2)CC1. The Morgan fingerprint density at radius 2 is 1.63 bits per heavy atom. The number of piperazine rings is 1. The molecule has 1 N–H and O–H groups in total. The highest BCUT2D eigenvalue weighted by atomic mass is 32.2. The molecule has 11 heteroatoms. The number of rotatable bonds is 8. The number of benzene rings is 1. The van der Waals surface area contributed by atoms with E-state index in [-0.39, 0.29) is 49.6 Å². The molecule has 1 aliphatic heterocycles. The summed E-state index contributed by atoms with van der Waals surface area (Å²) in [5.41, 5.74) is 0. The second-order valence-electron chi connectivity index (χ2n) is 6.63. The van der Waals surface area contributed by atoms with Crippen molar-refractivity contribution in [2.45, 2.75) is 18.7 Å². The van der Waals surface area contributed by atoms with Crippen LogP contribution in [0.4, 0.5) is 4.79 Å². The Kier molecular flexibility index (Phi) is 8.30.